The molecule has 0 bridgehead atoms. The third-order valence-corrected chi connectivity index (χ3v) is 4.25. The van der Waals surface area contributed by atoms with E-state index < -0.39 is 0 Å². The molecular weight excluding hydrogens is 305 g/mol. The third kappa shape index (κ3) is 3.39. The molecule has 0 aromatic heterocycles. The summed E-state index contributed by atoms with van der Waals surface area (Å²) in [5, 5.41) is 3.64. The van der Waals surface area contributed by atoms with Crippen LogP contribution in [0, 0.1) is 0 Å². The Morgan fingerprint density at radius 3 is 2.14 bits per heavy atom. The first-order valence-corrected chi connectivity index (χ1v) is 7.70. The van der Waals surface area contributed by atoms with Crippen LogP contribution in [-0.4, -0.2) is 5.91 Å². The molecule has 0 saturated carbocycles. The van der Waals surface area contributed by atoms with E-state index in [4.69, 9.17) is 23.2 Å². The van der Waals surface area contributed by atoms with E-state index in [1.165, 1.54) is 0 Å². The van der Waals surface area contributed by atoms with Crippen LogP contribution in [-0.2, 0) is 12.8 Å². The van der Waals surface area contributed by atoms with Crippen molar-refractivity contribution >= 4 is 34.8 Å². The van der Waals surface area contributed by atoms with Crippen molar-refractivity contribution in [2.75, 3.05) is 5.32 Å². The van der Waals surface area contributed by atoms with Gasteiger partial charge in [-0.05, 0) is 36.1 Å². The molecular formula is C17H17Cl2NO. The molecule has 21 heavy (non-hydrogen) atoms. The molecule has 0 unspecified atom stereocenters. The van der Waals surface area contributed by atoms with Crippen molar-refractivity contribution in [2.45, 2.75) is 26.7 Å². The Bertz CT molecular complexity index is 646. The van der Waals surface area contributed by atoms with Crippen molar-refractivity contribution in [1.29, 1.82) is 0 Å². The summed E-state index contributed by atoms with van der Waals surface area (Å²) in [6.45, 7) is 4.13. The van der Waals surface area contributed by atoms with Gasteiger partial charge < -0.3 is 5.32 Å². The van der Waals surface area contributed by atoms with Crippen molar-refractivity contribution in [3.8, 4) is 0 Å². The topological polar surface area (TPSA) is 29.1 Å². The Hall–Kier alpha value is -1.51. The molecule has 2 nitrogen and oxygen atoms in total. The summed E-state index contributed by atoms with van der Waals surface area (Å²) in [6.07, 6.45) is 1.71. The number of halogens is 2. The molecule has 1 amide bonds. The van der Waals surface area contributed by atoms with E-state index in [2.05, 4.69) is 19.2 Å². The predicted octanol–water partition coefficient (Wildman–Crippen LogP) is 5.37. The minimum atomic E-state index is -0.238. The summed E-state index contributed by atoms with van der Waals surface area (Å²) < 4.78 is 0. The van der Waals surface area contributed by atoms with Crippen molar-refractivity contribution < 1.29 is 4.79 Å². The van der Waals surface area contributed by atoms with Gasteiger partial charge in [-0.15, -0.1) is 0 Å². The van der Waals surface area contributed by atoms with Gasteiger partial charge in [0, 0.05) is 5.69 Å². The van der Waals surface area contributed by atoms with Crippen LogP contribution in [0.5, 0.6) is 0 Å². The lowest BCUT2D eigenvalue weighted by Gasteiger charge is -2.15. The fourth-order valence-corrected chi connectivity index (χ4v) is 2.65. The highest BCUT2D eigenvalue weighted by Crippen LogP contribution is 2.28. The molecule has 0 aliphatic rings. The number of hydrogen-bond donors (Lipinski definition) is 1. The molecule has 2 aromatic rings. The molecule has 2 rings (SSSR count). The second-order valence-electron chi connectivity index (χ2n) is 4.71. The van der Waals surface area contributed by atoms with E-state index >= 15 is 0 Å². The van der Waals surface area contributed by atoms with Crippen molar-refractivity contribution in [2.24, 2.45) is 0 Å². The molecule has 4 heteroatoms. The van der Waals surface area contributed by atoms with Crippen LogP contribution in [0.3, 0.4) is 0 Å². The summed E-state index contributed by atoms with van der Waals surface area (Å²) in [5.41, 5.74) is 3.49. The molecule has 0 aliphatic carbocycles. The van der Waals surface area contributed by atoms with Gasteiger partial charge in [0.2, 0.25) is 0 Å². The molecule has 0 spiro atoms. The van der Waals surface area contributed by atoms with Crippen molar-refractivity contribution in [3.05, 3.63) is 63.1 Å². The SMILES string of the molecule is CCc1cccc(CC)c1NC(=O)c1cccc(Cl)c1Cl. The zero-order valence-corrected chi connectivity index (χ0v) is 13.6. The van der Waals surface area contributed by atoms with Crippen LogP contribution in [0.2, 0.25) is 10.0 Å². The van der Waals surface area contributed by atoms with Gasteiger partial charge in [0.25, 0.3) is 5.91 Å². The Morgan fingerprint density at radius 2 is 1.57 bits per heavy atom. The van der Waals surface area contributed by atoms with Gasteiger partial charge >= 0.3 is 0 Å². The number of nitrogens with one attached hydrogen (secondary N) is 1. The third-order valence-electron chi connectivity index (χ3n) is 3.43. The van der Waals surface area contributed by atoms with E-state index in [0.717, 1.165) is 29.7 Å². The largest absolute Gasteiger partial charge is 0.321 e. The lowest BCUT2D eigenvalue weighted by Crippen LogP contribution is -2.15. The molecule has 2 aromatic carbocycles. The lowest BCUT2D eigenvalue weighted by atomic mass is 10.0. The first-order valence-electron chi connectivity index (χ1n) is 6.94. The number of para-hydroxylation sites is 1. The van der Waals surface area contributed by atoms with E-state index in [1.54, 1.807) is 18.2 Å². The number of carbonyl (C=O) groups is 1. The predicted molar refractivity (Wildman–Crippen MR) is 89.6 cm³/mol. The van der Waals surface area contributed by atoms with E-state index in [9.17, 15) is 4.79 Å². The van der Waals surface area contributed by atoms with Gasteiger partial charge in [-0.1, -0.05) is 61.3 Å². The van der Waals surface area contributed by atoms with E-state index in [1.807, 2.05) is 18.2 Å². The van der Waals surface area contributed by atoms with Crippen LogP contribution < -0.4 is 5.32 Å². The molecule has 1 N–H and O–H groups in total. The minimum Gasteiger partial charge on any atom is -0.321 e. The van der Waals surface area contributed by atoms with Crippen LogP contribution in [0.25, 0.3) is 0 Å². The average Bonchev–Trinajstić information content (AvgIpc) is 2.50. The smallest absolute Gasteiger partial charge is 0.257 e. The fraction of sp³-hybridized carbons (Fsp3) is 0.235. The van der Waals surface area contributed by atoms with Crippen molar-refractivity contribution in [1.82, 2.24) is 0 Å². The second-order valence-corrected chi connectivity index (χ2v) is 5.50. The number of carbonyl (C=O) groups excluding carboxylic acids is 1. The number of hydrogen-bond acceptors (Lipinski definition) is 1. The maximum Gasteiger partial charge on any atom is 0.257 e. The maximum absolute atomic E-state index is 12.5. The van der Waals surface area contributed by atoms with Crippen LogP contribution in [0.4, 0.5) is 5.69 Å². The van der Waals surface area contributed by atoms with E-state index in [-0.39, 0.29) is 10.9 Å². The maximum atomic E-state index is 12.5. The molecule has 0 atom stereocenters. The Kier molecular flexibility index (Phi) is 5.27. The molecule has 0 saturated heterocycles. The summed E-state index contributed by atoms with van der Waals surface area (Å²) in [6, 6.07) is 11.1. The summed E-state index contributed by atoms with van der Waals surface area (Å²) >= 11 is 12.1. The first kappa shape index (κ1) is 15.9. The molecule has 0 fully saturated rings. The zero-order valence-electron chi connectivity index (χ0n) is 12.0. The quantitative estimate of drug-likeness (QED) is 0.805. The molecule has 0 aliphatic heterocycles. The first-order chi connectivity index (χ1) is 10.1. The molecule has 110 valence electrons. The summed E-state index contributed by atoms with van der Waals surface area (Å²) in [5.74, 6) is -0.238. The van der Waals surface area contributed by atoms with Crippen LogP contribution >= 0.6 is 23.2 Å². The number of aryl methyl sites for hydroxylation is 2. The van der Waals surface area contributed by atoms with Gasteiger partial charge in [0.1, 0.15) is 0 Å². The summed E-state index contributed by atoms with van der Waals surface area (Å²) in [7, 11) is 0. The molecule has 0 heterocycles. The highest BCUT2D eigenvalue weighted by Gasteiger charge is 2.15. The number of benzene rings is 2. The molecule has 0 radical (unpaired) electrons. The second kappa shape index (κ2) is 6.97. The zero-order chi connectivity index (χ0) is 15.4. The van der Waals surface area contributed by atoms with Gasteiger partial charge in [0.15, 0.2) is 0 Å². The highest BCUT2D eigenvalue weighted by molar-refractivity contribution is 6.44. The highest BCUT2D eigenvalue weighted by atomic mass is 35.5. The fourth-order valence-electron chi connectivity index (χ4n) is 2.26. The number of amides is 1. The Morgan fingerprint density at radius 1 is 1.00 bits per heavy atom. The van der Waals surface area contributed by atoms with Gasteiger partial charge in [-0.3, -0.25) is 4.79 Å². The average molecular weight is 322 g/mol. The summed E-state index contributed by atoms with van der Waals surface area (Å²) in [4.78, 5) is 12.5. The van der Waals surface area contributed by atoms with Gasteiger partial charge in [-0.2, -0.15) is 0 Å². The number of rotatable bonds is 4. The Balaban J connectivity index is 2.38. The van der Waals surface area contributed by atoms with E-state index in [0.29, 0.717) is 10.6 Å². The lowest BCUT2D eigenvalue weighted by molar-refractivity contribution is 0.102. The minimum absolute atomic E-state index is 0.238. The van der Waals surface area contributed by atoms with Crippen LogP contribution in [0.1, 0.15) is 35.3 Å². The number of anilines is 1. The van der Waals surface area contributed by atoms with Gasteiger partial charge in [0.05, 0.1) is 15.6 Å². The van der Waals surface area contributed by atoms with Gasteiger partial charge in [-0.25, -0.2) is 0 Å². The normalized spacial score (nSPS) is 10.5. The van der Waals surface area contributed by atoms with Crippen LogP contribution in [0.15, 0.2) is 36.4 Å². The monoisotopic (exact) mass is 321 g/mol. The Labute approximate surface area is 135 Å². The standard InChI is InChI=1S/C17H17Cl2NO/c1-3-11-7-5-8-12(4-2)16(11)20-17(21)13-9-6-10-14(18)15(13)19/h5-10H,3-4H2,1-2H3,(H,20,21). The van der Waals surface area contributed by atoms with Crippen molar-refractivity contribution in [3.63, 3.8) is 0 Å².